The summed E-state index contributed by atoms with van der Waals surface area (Å²) in [6, 6.07) is 4.21. The van der Waals surface area contributed by atoms with E-state index in [1.807, 2.05) is 6.92 Å². The maximum absolute atomic E-state index is 13.1. The number of fused-ring (bicyclic) bond motifs is 1. The number of carbonyl (C=O) groups is 2. The number of hydrogen-bond donors (Lipinski definition) is 3. The topological polar surface area (TPSA) is 114 Å². The summed E-state index contributed by atoms with van der Waals surface area (Å²) in [5.41, 5.74) is 1.60. The summed E-state index contributed by atoms with van der Waals surface area (Å²) in [6.07, 6.45) is 3.59. The first-order chi connectivity index (χ1) is 14.3. The minimum absolute atomic E-state index is 0.0414. The number of hydrogen-bond acceptors (Lipinski definition) is 6. The van der Waals surface area contributed by atoms with E-state index in [2.05, 4.69) is 15.4 Å². The molecule has 2 amide bonds. The number of methoxy groups -OCH3 is 1. The van der Waals surface area contributed by atoms with Crippen LogP contribution in [0.5, 0.6) is 5.75 Å². The molecule has 8 nitrogen and oxygen atoms in total. The van der Waals surface area contributed by atoms with E-state index in [-0.39, 0.29) is 22.4 Å². The van der Waals surface area contributed by atoms with Crippen LogP contribution in [0.3, 0.4) is 0 Å². The van der Waals surface area contributed by atoms with Gasteiger partial charge in [-0.05, 0) is 56.4 Å². The van der Waals surface area contributed by atoms with Gasteiger partial charge in [0, 0.05) is 18.3 Å². The standard InChI is InChI=1S/C20H25N3O5S2/c1-4-21-19(25)18-14-7-5-6-8-17(14)29-20(18)23-30(26,27)13-9-10-16(28-3)15(11-13)22-12(2)24/h9-11,23H,4-8H2,1-3H3,(H,21,25)(H,22,24). The van der Waals surface area contributed by atoms with E-state index in [0.717, 1.165) is 36.1 Å². The summed E-state index contributed by atoms with van der Waals surface area (Å²) in [6.45, 7) is 3.60. The molecule has 1 aliphatic carbocycles. The van der Waals surface area contributed by atoms with Crippen molar-refractivity contribution < 1.29 is 22.7 Å². The molecular weight excluding hydrogens is 426 g/mol. The minimum atomic E-state index is -3.99. The van der Waals surface area contributed by atoms with Crippen molar-refractivity contribution in [2.75, 3.05) is 23.7 Å². The monoisotopic (exact) mass is 451 g/mol. The average molecular weight is 452 g/mol. The van der Waals surface area contributed by atoms with Crippen LogP contribution in [0.1, 0.15) is 47.5 Å². The number of benzene rings is 1. The first kappa shape index (κ1) is 22.1. The second kappa shape index (κ2) is 9.05. The molecule has 0 radical (unpaired) electrons. The average Bonchev–Trinajstić information content (AvgIpc) is 3.04. The highest BCUT2D eigenvalue weighted by atomic mass is 32.2. The van der Waals surface area contributed by atoms with E-state index in [0.29, 0.717) is 22.9 Å². The molecule has 0 unspecified atom stereocenters. The molecule has 30 heavy (non-hydrogen) atoms. The number of carbonyl (C=O) groups excluding carboxylic acids is 2. The van der Waals surface area contributed by atoms with Crippen molar-refractivity contribution in [2.45, 2.75) is 44.4 Å². The Bertz CT molecular complexity index is 1080. The van der Waals surface area contributed by atoms with Crippen LogP contribution in [-0.4, -0.2) is 33.9 Å². The highest BCUT2D eigenvalue weighted by Crippen LogP contribution is 2.39. The largest absolute Gasteiger partial charge is 0.495 e. The molecule has 0 spiro atoms. The van der Waals surface area contributed by atoms with Crippen molar-refractivity contribution in [1.82, 2.24) is 5.32 Å². The molecule has 3 N–H and O–H groups in total. The summed E-state index contributed by atoms with van der Waals surface area (Å²) >= 11 is 1.31. The van der Waals surface area contributed by atoms with Gasteiger partial charge in [-0.2, -0.15) is 0 Å². The summed E-state index contributed by atoms with van der Waals surface area (Å²) < 4.78 is 34.0. The minimum Gasteiger partial charge on any atom is -0.495 e. The molecule has 1 aromatic carbocycles. The summed E-state index contributed by atoms with van der Waals surface area (Å²) in [5, 5.41) is 5.67. The van der Waals surface area contributed by atoms with Crippen molar-refractivity contribution in [3.8, 4) is 5.75 Å². The Labute approximate surface area is 180 Å². The van der Waals surface area contributed by atoms with Crippen molar-refractivity contribution in [1.29, 1.82) is 0 Å². The Kier molecular flexibility index (Phi) is 6.67. The predicted molar refractivity (Wildman–Crippen MR) is 117 cm³/mol. The third kappa shape index (κ3) is 4.59. The van der Waals surface area contributed by atoms with Crippen LogP contribution in [0.4, 0.5) is 10.7 Å². The van der Waals surface area contributed by atoms with Crippen LogP contribution >= 0.6 is 11.3 Å². The lowest BCUT2D eigenvalue weighted by atomic mass is 9.95. The van der Waals surface area contributed by atoms with Crippen molar-refractivity contribution >= 4 is 43.9 Å². The molecule has 0 bridgehead atoms. The SMILES string of the molecule is CCNC(=O)c1c(NS(=O)(=O)c2ccc(OC)c(NC(C)=O)c2)sc2c1CCCC2. The number of sulfonamides is 1. The molecule has 162 valence electrons. The Morgan fingerprint density at radius 3 is 2.60 bits per heavy atom. The number of aryl methyl sites for hydroxylation is 1. The summed E-state index contributed by atoms with van der Waals surface area (Å²) in [5.74, 6) is -0.276. The zero-order chi connectivity index (χ0) is 21.9. The molecule has 0 saturated carbocycles. The molecule has 2 aromatic rings. The fourth-order valence-electron chi connectivity index (χ4n) is 3.45. The summed E-state index contributed by atoms with van der Waals surface area (Å²) in [4.78, 5) is 25.1. The zero-order valence-electron chi connectivity index (χ0n) is 17.1. The maximum Gasteiger partial charge on any atom is 0.262 e. The van der Waals surface area contributed by atoms with Gasteiger partial charge < -0.3 is 15.4 Å². The van der Waals surface area contributed by atoms with Crippen molar-refractivity contribution in [2.24, 2.45) is 0 Å². The number of ether oxygens (including phenoxy) is 1. The smallest absolute Gasteiger partial charge is 0.262 e. The lowest BCUT2D eigenvalue weighted by Gasteiger charge is -2.14. The van der Waals surface area contributed by atoms with Gasteiger partial charge in [0.25, 0.3) is 15.9 Å². The van der Waals surface area contributed by atoms with Crippen LogP contribution in [0.25, 0.3) is 0 Å². The van der Waals surface area contributed by atoms with Gasteiger partial charge in [-0.15, -0.1) is 11.3 Å². The quantitative estimate of drug-likeness (QED) is 0.598. The van der Waals surface area contributed by atoms with Gasteiger partial charge in [0.2, 0.25) is 5.91 Å². The highest BCUT2D eigenvalue weighted by molar-refractivity contribution is 7.93. The molecule has 0 atom stereocenters. The van der Waals surface area contributed by atoms with Crippen molar-refractivity contribution in [3.05, 3.63) is 34.2 Å². The fraction of sp³-hybridized carbons (Fsp3) is 0.400. The normalized spacial score (nSPS) is 13.3. The second-order valence-electron chi connectivity index (χ2n) is 6.92. The van der Waals surface area contributed by atoms with E-state index >= 15 is 0 Å². The first-order valence-electron chi connectivity index (χ1n) is 9.68. The van der Waals surface area contributed by atoms with E-state index in [1.54, 1.807) is 0 Å². The fourth-order valence-corrected chi connectivity index (χ4v) is 6.07. The van der Waals surface area contributed by atoms with E-state index in [4.69, 9.17) is 4.74 Å². The molecule has 1 heterocycles. The van der Waals surface area contributed by atoms with E-state index in [9.17, 15) is 18.0 Å². The molecular formula is C20H25N3O5S2. The third-order valence-electron chi connectivity index (χ3n) is 4.75. The molecule has 0 fully saturated rings. The van der Waals surface area contributed by atoms with Crippen LogP contribution in [-0.2, 0) is 27.7 Å². The first-order valence-corrected chi connectivity index (χ1v) is 12.0. The number of rotatable bonds is 7. The number of nitrogens with one attached hydrogen (secondary N) is 3. The van der Waals surface area contributed by atoms with Crippen LogP contribution < -0.4 is 20.1 Å². The highest BCUT2D eigenvalue weighted by Gasteiger charge is 2.28. The molecule has 10 heteroatoms. The predicted octanol–water partition coefficient (Wildman–Crippen LogP) is 3.14. The van der Waals surface area contributed by atoms with Gasteiger partial charge >= 0.3 is 0 Å². The molecule has 0 aliphatic heterocycles. The Morgan fingerprint density at radius 2 is 1.93 bits per heavy atom. The molecule has 3 rings (SSSR count). The molecule has 0 saturated heterocycles. The number of amides is 2. The Balaban J connectivity index is 2.00. The molecule has 1 aromatic heterocycles. The third-order valence-corrected chi connectivity index (χ3v) is 7.44. The van der Waals surface area contributed by atoms with Crippen molar-refractivity contribution in [3.63, 3.8) is 0 Å². The number of anilines is 2. The van der Waals surface area contributed by atoms with Gasteiger partial charge in [0.05, 0.1) is 23.3 Å². The van der Waals surface area contributed by atoms with Gasteiger partial charge in [-0.3, -0.25) is 14.3 Å². The van der Waals surface area contributed by atoms with E-state index in [1.165, 1.54) is 43.6 Å². The Morgan fingerprint density at radius 1 is 1.20 bits per heavy atom. The van der Waals surface area contributed by atoms with Gasteiger partial charge in [0.15, 0.2) is 0 Å². The van der Waals surface area contributed by atoms with Crippen LogP contribution in [0, 0.1) is 0 Å². The second-order valence-corrected chi connectivity index (χ2v) is 9.71. The zero-order valence-corrected chi connectivity index (χ0v) is 18.8. The van der Waals surface area contributed by atoms with Gasteiger partial charge in [-0.25, -0.2) is 8.42 Å². The van der Waals surface area contributed by atoms with Crippen LogP contribution in [0.15, 0.2) is 23.1 Å². The maximum atomic E-state index is 13.1. The van der Waals surface area contributed by atoms with Gasteiger partial charge in [0.1, 0.15) is 10.8 Å². The van der Waals surface area contributed by atoms with Gasteiger partial charge in [-0.1, -0.05) is 0 Å². The lowest BCUT2D eigenvalue weighted by molar-refractivity contribution is -0.114. The molecule has 1 aliphatic rings. The number of thiophene rings is 1. The lowest BCUT2D eigenvalue weighted by Crippen LogP contribution is -2.25. The summed E-state index contributed by atoms with van der Waals surface area (Å²) in [7, 11) is -2.56. The van der Waals surface area contributed by atoms with Crippen LogP contribution in [0.2, 0.25) is 0 Å². The Hall–Kier alpha value is -2.59. The van der Waals surface area contributed by atoms with E-state index < -0.39 is 10.0 Å².